The van der Waals surface area contributed by atoms with Crippen LogP contribution in [-0.4, -0.2) is 24.6 Å². The molecule has 0 bridgehead atoms. The Balaban J connectivity index is 1.83. The Kier molecular flexibility index (Phi) is 5.91. The van der Waals surface area contributed by atoms with Gasteiger partial charge in [0.2, 0.25) is 9.84 Å². The van der Waals surface area contributed by atoms with Gasteiger partial charge in [-0.15, -0.1) is 0 Å². The standard InChI is InChI=1S/C20H14ClN3O5S/c1-12-18(11-23-29-12)19(25)17(10-22)20(26)24-14-4-8-16(9-5-14)30(27,28)15-6-2-13(21)3-7-15/h2-9,11,25H,1H3,(H,24,26). The van der Waals surface area contributed by atoms with Gasteiger partial charge < -0.3 is 14.9 Å². The van der Waals surface area contributed by atoms with Gasteiger partial charge >= 0.3 is 0 Å². The van der Waals surface area contributed by atoms with E-state index in [0.29, 0.717) is 5.02 Å². The molecule has 0 radical (unpaired) electrons. The van der Waals surface area contributed by atoms with Crippen LogP contribution in [0.2, 0.25) is 5.02 Å². The molecule has 0 saturated heterocycles. The van der Waals surface area contributed by atoms with E-state index in [4.69, 9.17) is 16.1 Å². The van der Waals surface area contributed by atoms with Gasteiger partial charge in [0.25, 0.3) is 5.91 Å². The third-order valence-corrected chi connectivity index (χ3v) is 6.17. The molecular formula is C20H14ClN3O5S. The molecule has 3 aromatic rings. The minimum Gasteiger partial charge on any atom is -0.506 e. The van der Waals surface area contributed by atoms with Crippen molar-refractivity contribution in [1.29, 1.82) is 5.26 Å². The van der Waals surface area contributed by atoms with Crippen molar-refractivity contribution in [2.24, 2.45) is 0 Å². The summed E-state index contributed by atoms with van der Waals surface area (Å²) in [7, 11) is -3.76. The molecule has 2 N–H and O–H groups in total. The fourth-order valence-electron chi connectivity index (χ4n) is 2.53. The molecule has 2 aromatic carbocycles. The molecule has 0 saturated carbocycles. The number of carbonyl (C=O) groups is 1. The highest BCUT2D eigenvalue weighted by Crippen LogP contribution is 2.24. The molecule has 0 aliphatic heterocycles. The number of aryl methyl sites for hydroxylation is 1. The summed E-state index contributed by atoms with van der Waals surface area (Å²) in [6.07, 6.45) is 1.19. The normalized spacial score (nSPS) is 12.0. The Bertz CT molecular complexity index is 1270. The monoisotopic (exact) mass is 443 g/mol. The van der Waals surface area contributed by atoms with Gasteiger partial charge in [-0.05, 0) is 55.5 Å². The number of nitrogens with zero attached hydrogens (tertiary/aromatic N) is 2. The van der Waals surface area contributed by atoms with Crippen LogP contribution in [0, 0.1) is 18.3 Å². The summed E-state index contributed by atoms with van der Waals surface area (Å²) < 4.78 is 30.1. The zero-order valence-corrected chi connectivity index (χ0v) is 17.0. The molecule has 0 spiro atoms. The lowest BCUT2D eigenvalue weighted by molar-refractivity contribution is -0.112. The molecule has 3 rings (SSSR count). The molecule has 1 aromatic heterocycles. The highest BCUT2D eigenvalue weighted by atomic mass is 35.5. The molecule has 0 atom stereocenters. The summed E-state index contributed by atoms with van der Waals surface area (Å²) in [6.45, 7) is 1.52. The van der Waals surface area contributed by atoms with E-state index in [2.05, 4.69) is 10.5 Å². The average molecular weight is 444 g/mol. The quantitative estimate of drug-likeness (QED) is 0.347. The minimum absolute atomic E-state index is 0.0156. The minimum atomic E-state index is -3.76. The van der Waals surface area contributed by atoms with Gasteiger partial charge in [0.1, 0.15) is 11.8 Å². The second-order valence-corrected chi connectivity index (χ2v) is 8.45. The van der Waals surface area contributed by atoms with Crippen molar-refractivity contribution < 1.29 is 22.8 Å². The maximum Gasteiger partial charge on any atom is 0.270 e. The first-order valence-corrected chi connectivity index (χ1v) is 10.3. The molecule has 0 aliphatic rings. The van der Waals surface area contributed by atoms with Crippen molar-refractivity contribution in [3.05, 3.63) is 76.6 Å². The number of anilines is 1. The smallest absolute Gasteiger partial charge is 0.270 e. The number of amides is 1. The van der Waals surface area contributed by atoms with Crippen molar-refractivity contribution in [2.75, 3.05) is 5.32 Å². The third-order valence-electron chi connectivity index (χ3n) is 4.13. The molecule has 0 unspecified atom stereocenters. The molecule has 8 nitrogen and oxygen atoms in total. The van der Waals surface area contributed by atoms with E-state index in [1.807, 2.05) is 0 Å². The Morgan fingerprint density at radius 2 is 1.70 bits per heavy atom. The van der Waals surface area contributed by atoms with E-state index >= 15 is 0 Å². The summed E-state index contributed by atoms with van der Waals surface area (Å²) in [5.74, 6) is -1.20. The van der Waals surface area contributed by atoms with Gasteiger partial charge in [-0.3, -0.25) is 4.79 Å². The van der Waals surface area contributed by atoms with E-state index in [0.717, 1.165) is 0 Å². The number of rotatable bonds is 5. The number of aromatic nitrogens is 1. The number of nitriles is 1. The number of nitrogens with one attached hydrogen (secondary N) is 1. The van der Waals surface area contributed by atoms with Crippen LogP contribution < -0.4 is 5.32 Å². The zero-order valence-electron chi connectivity index (χ0n) is 15.5. The lowest BCUT2D eigenvalue weighted by atomic mass is 10.1. The first kappa shape index (κ1) is 21.1. The molecule has 10 heteroatoms. The molecule has 0 aliphatic carbocycles. The Labute approximate surface area is 176 Å². The number of carbonyl (C=O) groups excluding carboxylic acids is 1. The Morgan fingerprint density at radius 3 is 2.20 bits per heavy atom. The van der Waals surface area contributed by atoms with E-state index < -0.39 is 27.1 Å². The Morgan fingerprint density at radius 1 is 1.13 bits per heavy atom. The zero-order chi connectivity index (χ0) is 21.9. The van der Waals surface area contributed by atoms with Gasteiger partial charge in [-0.25, -0.2) is 8.42 Å². The van der Waals surface area contributed by atoms with Crippen LogP contribution in [0.25, 0.3) is 5.76 Å². The van der Waals surface area contributed by atoms with Gasteiger partial charge in [0, 0.05) is 10.7 Å². The van der Waals surface area contributed by atoms with Crippen LogP contribution in [0.4, 0.5) is 5.69 Å². The number of hydrogen-bond acceptors (Lipinski definition) is 7. The van der Waals surface area contributed by atoms with Crippen LogP contribution >= 0.6 is 11.6 Å². The molecule has 1 amide bonds. The topological polar surface area (TPSA) is 133 Å². The van der Waals surface area contributed by atoms with Crippen LogP contribution in [0.1, 0.15) is 11.3 Å². The van der Waals surface area contributed by atoms with E-state index in [9.17, 15) is 23.6 Å². The number of halogens is 1. The second kappa shape index (κ2) is 8.41. The summed E-state index contributed by atoms with van der Waals surface area (Å²) in [4.78, 5) is 12.5. The van der Waals surface area contributed by atoms with Crippen LogP contribution in [0.5, 0.6) is 0 Å². The van der Waals surface area contributed by atoms with E-state index in [1.165, 1.54) is 61.7 Å². The van der Waals surface area contributed by atoms with Crippen molar-refractivity contribution in [3.63, 3.8) is 0 Å². The second-order valence-electron chi connectivity index (χ2n) is 6.07. The largest absolute Gasteiger partial charge is 0.506 e. The number of benzene rings is 2. The first-order valence-electron chi connectivity index (χ1n) is 8.41. The van der Waals surface area contributed by atoms with Crippen LogP contribution in [-0.2, 0) is 14.6 Å². The maximum absolute atomic E-state index is 12.7. The van der Waals surface area contributed by atoms with Crippen molar-refractivity contribution >= 4 is 38.8 Å². The van der Waals surface area contributed by atoms with Crippen LogP contribution in [0.3, 0.4) is 0 Å². The van der Waals surface area contributed by atoms with Gasteiger partial charge in [-0.1, -0.05) is 16.8 Å². The molecule has 0 fully saturated rings. The average Bonchev–Trinajstić information content (AvgIpc) is 3.15. The van der Waals surface area contributed by atoms with Gasteiger partial charge in [0.05, 0.1) is 21.6 Å². The van der Waals surface area contributed by atoms with Crippen molar-refractivity contribution in [1.82, 2.24) is 5.16 Å². The fraction of sp³-hybridized carbons (Fsp3) is 0.0500. The van der Waals surface area contributed by atoms with Gasteiger partial charge in [-0.2, -0.15) is 5.26 Å². The van der Waals surface area contributed by atoms with Crippen molar-refractivity contribution in [3.8, 4) is 6.07 Å². The lowest BCUT2D eigenvalue weighted by Crippen LogP contribution is -2.15. The molecule has 152 valence electrons. The highest BCUT2D eigenvalue weighted by Gasteiger charge is 2.21. The number of aliphatic hydroxyl groups is 1. The summed E-state index contributed by atoms with van der Waals surface area (Å²) in [6, 6.07) is 12.8. The SMILES string of the molecule is Cc1oncc1C(O)=C(C#N)C(=O)Nc1ccc(S(=O)(=O)c2ccc(Cl)cc2)cc1. The molecular weight excluding hydrogens is 430 g/mol. The molecule has 30 heavy (non-hydrogen) atoms. The fourth-order valence-corrected chi connectivity index (χ4v) is 3.92. The van der Waals surface area contributed by atoms with Gasteiger partial charge in [0.15, 0.2) is 11.3 Å². The third kappa shape index (κ3) is 4.20. The summed E-state index contributed by atoms with van der Waals surface area (Å²) >= 11 is 5.79. The predicted molar refractivity (Wildman–Crippen MR) is 108 cm³/mol. The summed E-state index contributed by atoms with van der Waals surface area (Å²) in [5.41, 5.74) is -0.192. The van der Waals surface area contributed by atoms with Crippen LogP contribution in [0.15, 0.2) is 74.6 Å². The lowest BCUT2D eigenvalue weighted by Gasteiger charge is -2.08. The Hall–Kier alpha value is -3.61. The number of aliphatic hydroxyl groups excluding tert-OH is 1. The number of sulfone groups is 1. The van der Waals surface area contributed by atoms with E-state index in [-0.39, 0.29) is 26.8 Å². The van der Waals surface area contributed by atoms with E-state index in [1.54, 1.807) is 6.07 Å². The highest BCUT2D eigenvalue weighted by molar-refractivity contribution is 7.91. The predicted octanol–water partition coefficient (Wildman–Crippen LogP) is 3.90. The molecule has 1 heterocycles. The maximum atomic E-state index is 12.7. The number of hydrogen-bond donors (Lipinski definition) is 2. The van der Waals surface area contributed by atoms with Crippen molar-refractivity contribution in [2.45, 2.75) is 16.7 Å². The first-order chi connectivity index (χ1) is 14.2. The summed E-state index contributed by atoms with van der Waals surface area (Å²) in [5, 5.41) is 25.8.